The Morgan fingerprint density at radius 2 is 2.29 bits per heavy atom. The van der Waals surface area contributed by atoms with Crippen molar-refractivity contribution in [2.24, 2.45) is 5.73 Å². The van der Waals surface area contributed by atoms with E-state index in [4.69, 9.17) is 33.7 Å². The van der Waals surface area contributed by atoms with Gasteiger partial charge in [-0.25, -0.2) is 0 Å². The van der Waals surface area contributed by atoms with Crippen molar-refractivity contribution in [3.8, 4) is 5.75 Å². The molecule has 2 nitrogen and oxygen atoms in total. The fraction of sp³-hybridized carbons (Fsp3) is 0.333. The number of benzene rings is 1. The Balaban J connectivity index is 2.74. The van der Waals surface area contributed by atoms with Crippen LogP contribution in [-0.4, -0.2) is 12.6 Å². The van der Waals surface area contributed by atoms with Gasteiger partial charge in [0.05, 0.1) is 5.03 Å². The molecule has 2 N–H and O–H groups in total. The highest BCUT2D eigenvalue weighted by molar-refractivity contribution is 9.10. The standard InChI is InChI=1S/C12H14BrCl2NO/c1-8(16)4-9-5-11(2-3-12(9)13)17-7-10(15)6-14/h2-3,5-6,8H,4,7,16H2,1H3/b10-6-. The molecular formula is C12H14BrCl2NO. The third-order valence-electron chi connectivity index (χ3n) is 2.05. The zero-order valence-electron chi connectivity index (χ0n) is 9.42. The third-order valence-corrected chi connectivity index (χ3v) is 3.42. The highest BCUT2D eigenvalue weighted by atomic mass is 79.9. The van der Waals surface area contributed by atoms with E-state index in [-0.39, 0.29) is 12.6 Å². The summed E-state index contributed by atoms with van der Waals surface area (Å²) in [4.78, 5) is 0. The van der Waals surface area contributed by atoms with Crippen molar-refractivity contribution >= 4 is 39.1 Å². The van der Waals surface area contributed by atoms with Crippen molar-refractivity contribution < 1.29 is 4.74 Å². The molecule has 0 aliphatic rings. The predicted molar refractivity (Wildman–Crippen MR) is 76.8 cm³/mol. The van der Waals surface area contributed by atoms with E-state index in [1.165, 1.54) is 5.54 Å². The second-order valence-corrected chi connectivity index (χ2v) is 5.34. The molecule has 1 aromatic rings. The molecule has 1 atom stereocenters. The van der Waals surface area contributed by atoms with Crippen LogP contribution in [0.2, 0.25) is 0 Å². The van der Waals surface area contributed by atoms with Crippen LogP contribution in [0.3, 0.4) is 0 Å². The summed E-state index contributed by atoms with van der Waals surface area (Å²) in [5, 5.41) is 0.461. The molecule has 0 bridgehead atoms. The summed E-state index contributed by atoms with van der Waals surface area (Å²) in [7, 11) is 0. The maximum Gasteiger partial charge on any atom is 0.125 e. The lowest BCUT2D eigenvalue weighted by Crippen LogP contribution is -2.18. The Morgan fingerprint density at radius 1 is 1.59 bits per heavy atom. The SMILES string of the molecule is CC(N)Cc1cc(OC/C(Cl)=C/Cl)ccc1Br. The van der Waals surface area contributed by atoms with Crippen LogP contribution >= 0.6 is 39.1 Å². The molecule has 0 radical (unpaired) electrons. The average molecular weight is 339 g/mol. The molecule has 1 aromatic carbocycles. The number of halogens is 3. The van der Waals surface area contributed by atoms with E-state index in [2.05, 4.69) is 15.9 Å². The Morgan fingerprint density at radius 3 is 2.88 bits per heavy atom. The first-order valence-corrected chi connectivity index (χ1v) is 6.75. The van der Waals surface area contributed by atoms with Gasteiger partial charge in [0.2, 0.25) is 0 Å². The highest BCUT2D eigenvalue weighted by Crippen LogP contribution is 2.24. The van der Waals surface area contributed by atoms with Gasteiger partial charge in [0, 0.05) is 16.0 Å². The lowest BCUT2D eigenvalue weighted by atomic mass is 10.1. The quantitative estimate of drug-likeness (QED) is 0.879. The van der Waals surface area contributed by atoms with E-state index < -0.39 is 0 Å². The first-order chi connectivity index (χ1) is 8.02. The van der Waals surface area contributed by atoms with Crippen LogP contribution in [0, 0.1) is 0 Å². The molecule has 5 heteroatoms. The number of ether oxygens (including phenoxy) is 1. The van der Waals surface area contributed by atoms with Gasteiger partial charge in [-0.1, -0.05) is 39.1 Å². The average Bonchev–Trinajstić information content (AvgIpc) is 2.29. The van der Waals surface area contributed by atoms with E-state index in [9.17, 15) is 0 Å². The molecule has 0 saturated heterocycles. The van der Waals surface area contributed by atoms with Crippen molar-refractivity contribution in [2.75, 3.05) is 6.61 Å². The Bertz CT molecular complexity index is 407. The molecule has 17 heavy (non-hydrogen) atoms. The molecule has 0 fully saturated rings. The number of rotatable bonds is 5. The molecule has 0 saturated carbocycles. The number of hydrogen-bond donors (Lipinski definition) is 1. The predicted octanol–water partition coefficient (Wildman–Crippen LogP) is 4.04. The molecule has 1 unspecified atom stereocenters. The fourth-order valence-corrected chi connectivity index (χ4v) is 1.85. The number of hydrogen-bond acceptors (Lipinski definition) is 2. The summed E-state index contributed by atoms with van der Waals surface area (Å²) in [5.74, 6) is 0.750. The van der Waals surface area contributed by atoms with Crippen molar-refractivity contribution in [1.29, 1.82) is 0 Å². The van der Waals surface area contributed by atoms with Crippen molar-refractivity contribution in [3.05, 3.63) is 38.8 Å². The van der Waals surface area contributed by atoms with Crippen molar-refractivity contribution in [2.45, 2.75) is 19.4 Å². The maximum atomic E-state index is 5.78. The summed E-state index contributed by atoms with van der Waals surface area (Å²) >= 11 is 14.7. The van der Waals surface area contributed by atoms with E-state index in [0.29, 0.717) is 5.03 Å². The summed E-state index contributed by atoms with van der Waals surface area (Å²) in [6, 6.07) is 5.86. The Labute approximate surface area is 120 Å². The van der Waals surface area contributed by atoms with Crippen molar-refractivity contribution in [1.82, 2.24) is 0 Å². The minimum absolute atomic E-state index is 0.105. The second-order valence-electron chi connectivity index (χ2n) is 3.78. The smallest absolute Gasteiger partial charge is 0.125 e. The zero-order valence-corrected chi connectivity index (χ0v) is 12.5. The van der Waals surface area contributed by atoms with Gasteiger partial charge >= 0.3 is 0 Å². The molecule has 94 valence electrons. The second kappa shape index (κ2) is 7.27. The van der Waals surface area contributed by atoms with Crippen LogP contribution in [0.25, 0.3) is 0 Å². The van der Waals surface area contributed by atoms with Gasteiger partial charge in [-0.05, 0) is 37.1 Å². The normalized spacial score (nSPS) is 13.6. The first kappa shape index (κ1) is 14.8. The van der Waals surface area contributed by atoms with Crippen LogP contribution < -0.4 is 10.5 Å². The van der Waals surface area contributed by atoms with E-state index >= 15 is 0 Å². The van der Waals surface area contributed by atoms with Crippen LogP contribution in [0.4, 0.5) is 0 Å². The monoisotopic (exact) mass is 337 g/mol. The molecule has 0 amide bonds. The van der Waals surface area contributed by atoms with E-state index in [1.807, 2.05) is 25.1 Å². The topological polar surface area (TPSA) is 35.2 Å². The lowest BCUT2D eigenvalue weighted by molar-refractivity contribution is 0.359. The highest BCUT2D eigenvalue weighted by Gasteiger charge is 2.05. The van der Waals surface area contributed by atoms with Crippen LogP contribution in [0.5, 0.6) is 5.75 Å². The molecule has 0 aliphatic heterocycles. The van der Waals surface area contributed by atoms with Gasteiger partial charge in [-0.15, -0.1) is 0 Å². The fourth-order valence-electron chi connectivity index (χ4n) is 1.33. The van der Waals surface area contributed by atoms with Gasteiger partial charge < -0.3 is 10.5 Å². The lowest BCUT2D eigenvalue weighted by Gasteiger charge is -2.11. The number of nitrogens with two attached hydrogens (primary N) is 1. The van der Waals surface area contributed by atoms with Crippen molar-refractivity contribution in [3.63, 3.8) is 0 Å². The summed E-state index contributed by atoms with van der Waals surface area (Å²) in [6.07, 6.45) is 0.789. The molecule has 0 aromatic heterocycles. The Kier molecular flexibility index (Phi) is 6.34. The first-order valence-electron chi connectivity index (χ1n) is 5.14. The van der Waals surface area contributed by atoms with Crippen LogP contribution in [-0.2, 0) is 6.42 Å². The summed E-state index contributed by atoms with van der Waals surface area (Å²) in [6.45, 7) is 2.23. The minimum Gasteiger partial charge on any atom is -0.488 e. The molecule has 0 aliphatic carbocycles. The van der Waals surface area contributed by atoms with Gasteiger partial charge in [-0.2, -0.15) is 0 Å². The van der Waals surface area contributed by atoms with Gasteiger partial charge in [0.15, 0.2) is 0 Å². The third kappa shape index (κ3) is 5.30. The molecule has 0 heterocycles. The molecular weight excluding hydrogens is 325 g/mol. The van der Waals surface area contributed by atoms with E-state index in [0.717, 1.165) is 22.2 Å². The van der Waals surface area contributed by atoms with E-state index in [1.54, 1.807) is 0 Å². The largest absolute Gasteiger partial charge is 0.488 e. The molecule has 1 rings (SSSR count). The molecule has 0 spiro atoms. The Hall–Kier alpha value is -0.220. The summed E-state index contributed by atoms with van der Waals surface area (Å²) < 4.78 is 6.52. The minimum atomic E-state index is 0.105. The van der Waals surface area contributed by atoms with Crippen LogP contribution in [0.15, 0.2) is 33.2 Å². The van der Waals surface area contributed by atoms with Gasteiger partial charge in [-0.3, -0.25) is 0 Å². The van der Waals surface area contributed by atoms with Gasteiger partial charge in [0.1, 0.15) is 12.4 Å². The summed E-state index contributed by atoms with van der Waals surface area (Å²) in [5.41, 5.74) is 8.19. The zero-order chi connectivity index (χ0) is 12.8. The van der Waals surface area contributed by atoms with Crippen LogP contribution in [0.1, 0.15) is 12.5 Å². The van der Waals surface area contributed by atoms with Gasteiger partial charge in [0.25, 0.3) is 0 Å². The maximum absolute atomic E-state index is 5.78.